The van der Waals surface area contributed by atoms with Crippen LogP contribution in [-0.4, -0.2) is 152 Å². The number of thiazole rings is 1. The van der Waals surface area contributed by atoms with Gasteiger partial charge in [-0.25, -0.2) is 9.97 Å². The van der Waals surface area contributed by atoms with Crippen LogP contribution in [0.5, 0.6) is 11.6 Å². The Bertz CT molecular complexity index is 2870. The van der Waals surface area contributed by atoms with Crippen molar-refractivity contribution < 1.29 is 29.1 Å². The molecule has 0 radical (unpaired) electrons. The number of aryl methyl sites for hydroxylation is 2. The number of β-amino-alcohol motifs (C(OH)–C–C–N with tert-alkyl or cyclic N) is 1. The van der Waals surface area contributed by atoms with E-state index in [1.54, 1.807) is 23.5 Å². The normalized spacial score (nSPS) is 21.1. The lowest BCUT2D eigenvalue weighted by Gasteiger charge is -2.43. The van der Waals surface area contributed by atoms with E-state index in [2.05, 4.69) is 62.4 Å². The van der Waals surface area contributed by atoms with Gasteiger partial charge in [-0.1, -0.05) is 55.4 Å². The van der Waals surface area contributed by atoms with E-state index < -0.39 is 18.1 Å². The van der Waals surface area contributed by atoms with Crippen molar-refractivity contribution in [2.24, 2.45) is 5.92 Å². The number of aliphatic hydroxyl groups excluding tert-OH is 1. The molecule has 0 aliphatic carbocycles. The van der Waals surface area contributed by atoms with Gasteiger partial charge in [-0.05, 0) is 87.4 Å². The van der Waals surface area contributed by atoms with Crippen LogP contribution in [0.1, 0.15) is 81.1 Å². The minimum atomic E-state index is -0.802. The minimum Gasteiger partial charge on any atom is -0.507 e. The molecule has 4 saturated heterocycles. The number of likely N-dealkylation sites (tertiary alicyclic amines) is 1. The average Bonchev–Trinajstić information content (AvgIpc) is 4.20. The number of aromatic hydroxyl groups is 1. The van der Waals surface area contributed by atoms with Gasteiger partial charge in [-0.15, -0.1) is 21.5 Å². The first-order valence-electron chi connectivity index (χ1n) is 26.1. The van der Waals surface area contributed by atoms with E-state index in [9.17, 15) is 19.8 Å². The maximum atomic E-state index is 14.3. The van der Waals surface area contributed by atoms with Gasteiger partial charge < -0.3 is 50.1 Å². The number of benzene rings is 2. The number of fused-ring (bicyclic) bond motifs is 2. The summed E-state index contributed by atoms with van der Waals surface area (Å²) < 4.78 is 12.1. The van der Waals surface area contributed by atoms with Crippen molar-refractivity contribution in [1.29, 1.82) is 0 Å². The first-order valence-corrected chi connectivity index (χ1v) is 27.0. The second-order valence-electron chi connectivity index (χ2n) is 20.7. The molecule has 19 heteroatoms. The molecule has 4 unspecified atom stereocenters. The molecule has 18 nitrogen and oxygen atoms in total. The van der Waals surface area contributed by atoms with Crippen LogP contribution in [0.3, 0.4) is 0 Å². The number of phenols is 1. The van der Waals surface area contributed by atoms with Crippen molar-refractivity contribution in [2.45, 2.75) is 96.0 Å². The number of aromatic nitrogens is 5. The zero-order valence-electron chi connectivity index (χ0n) is 42.7. The average molecular weight is 1030 g/mol. The summed E-state index contributed by atoms with van der Waals surface area (Å²) in [7, 11) is 0. The number of phenolic OH excluding ortho intramolecular Hbond substituents is 1. The third kappa shape index (κ3) is 11.2. The molecule has 5 N–H and O–H groups in total. The summed E-state index contributed by atoms with van der Waals surface area (Å²) in [5, 5.41) is 37.2. The third-order valence-electron chi connectivity index (χ3n) is 15.3. The summed E-state index contributed by atoms with van der Waals surface area (Å²) in [5.74, 6) is 0.365. The Labute approximate surface area is 436 Å². The van der Waals surface area contributed by atoms with E-state index in [1.165, 1.54) is 4.90 Å². The molecule has 2 bridgehead atoms. The van der Waals surface area contributed by atoms with Crippen LogP contribution < -0.4 is 25.6 Å². The van der Waals surface area contributed by atoms with Crippen molar-refractivity contribution >= 4 is 40.3 Å². The van der Waals surface area contributed by atoms with Crippen molar-refractivity contribution in [3.8, 4) is 33.3 Å². The Balaban J connectivity index is 0.655. The summed E-state index contributed by atoms with van der Waals surface area (Å²) in [5.41, 5.74) is 15.2. The van der Waals surface area contributed by atoms with E-state index in [0.29, 0.717) is 53.8 Å². The number of amides is 2. The summed E-state index contributed by atoms with van der Waals surface area (Å²) >= 11 is 1.60. The molecular formula is C55H68N12O6S. The highest BCUT2D eigenvalue weighted by Gasteiger charge is 2.44. The van der Waals surface area contributed by atoms with Gasteiger partial charge in [0.05, 0.1) is 45.3 Å². The number of anilines is 3. The highest BCUT2D eigenvalue weighted by Crippen LogP contribution is 2.40. The number of nitrogen functional groups attached to an aromatic ring is 1. The number of rotatable bonds is 18. The number of hydrogen-bond acceptors (Lipinski definition) is 17. The Morgan fingerprint density at radius 3 is 2.38 bits per heavy atom. The quantitative estimate of drug-likeness (QED) is 0.0742. The summed E-state index contributed by atoms with van der Waals surface area (Å²) in [4.78, 5) is 49.3. The monoisotopic (exact) mass is 1020 g/mol. The Morgan fingerprint density at radius 2 is 1.66 bits per heavy atom. The van der Waals surface area contributed by atoms with E-state index in [0.717, 1.165) is 110 Å². The van der Waals surface area contributed by atoms with Gasteiger partial charge in [0, 0.05) is 100 Å². The van der Waals surface area contributed by atoms with Crippen LogP contribution >= 0.6 is 11.3 Å². The van der Waals surface area contributed by atoms with Gasteiger partial charge in [-0.3, -0.25) is 14.5 Å². The zero-order valence-corrected chi connectivity index (χ0v) is 43.5. The molecule has 6 aromatic rings. The standard InChI is InChI=1S/C55H68N12O6S/c1-34(2)51(55(71)66-32-43(68)28-47(66)54(70)59-35(3)37-11-13-38(14-12-37)52-36(4)58-33-74-52)49-26-39(62-73-49)8-7-19-63-20-22-64(23-21-63)24-25-72-50-27-40(17-18-57-50)67-41-15-16-42(67)31-65(30-41)46-29-45(60-61-53(46)56)44-9-5-6-10-48(44)69/h5-6,9-14,17-18,26-27,29,33-35,41-43,47,51,68-69H,7-8,15-16,19-25,28,30-32H2,1-4H3,(H2,56,61)(H,59,70)/t35-,41?,42?,43+,47?,51?/m0/s1. The maximum absolute atomic E-state index is 14.3. The molecule has 0 saturated carbocycles. The number of aliphatic hydroxyl groups is 1. The fraction of sp³-hybridized carbons (Fsp3) is 0.473. The second-order valence-corrected chi connectivity index (χ2v) is 21.5. The van der Waals surface area contributed by atoms with Gasteiger partial charge in [-0.2, -0.15) is 0 Å². The zero-order chi connectivity index (χ0) is 51.5. The third-order valence-corrected chi connectivity index (χ3v) is 16.3. The Kier molecular flexibility index (Phi) is 15.4. The number of nitrogens with two attached hydrogens (primary N) is 1. The van der Waals surface area contributed by atoms with E-state index >= 15 is 0 Å². The largest absolute Gasteiger partial charge is 0.507 e. The van der Waals surface area contributed by atoms with Gasteiger partial charge >= 0.3 is 0 Å². The SMILES string of the molecule is Cc1ncsc1-c1ccc([C@H](C)NC(=O)C2C[C@@H](O)CN2C(=O)C(c2cc(CCCN3CCN(CCOc4cc(N5C6CCC5CN(c5cc(-c7ccccc7O)nnc5N)C6)ccn4)CC3)no2)C(C)C)cc1. The Morgan fingerprint density at radius 1 is 0.919 bits per heavy atom. The maximum Gasteiger partial charge on any atom is 0.243 e. The molecule has 4 aliphatic rings. The second kappa shape index (κ2) is 22.4. The lowest BCUT2D eigenvalue weighted by atomic mass is 9.91. The lowest BCUT2D eigenvalue weighted by Crippen LogP contribution is -2.54. The van der Waals surface area contributed by atoms with E-state index in [-0.39, 0.29) is 42.5 Å². The van der Waals surface area contributed by atoms with Gasteiger partial charge in [0.15, 0.2) is 5.82 Å². The molecule has 6 atom stereocenters. The summed E-state index contributed by atoms with van der Waals surface area (Å²) in [6, 6.07) is 22.7. The number of ether oxygens (including phenoxy) is 1. The predicted molar refractivity (Wildman–Crippen MR) is 285 cm³/mol. The van der Waals surface area contributed by atoms with Crippen LogP contribution in [0.4, 0.5) is 17.2 Å². The summed E-state index contributed by atoms with van der Waals surface area (Å²) in [6.45, 7) is 15.6. The minimum absolute atomic E-state index is 0.0831. The molecule has 10 rings (SSSR count). The number of pyridine rings is 1. The lowest BCUT2D eigenvalue weighted by molar-refractivity contribution is -0.141. The molecule has 2 aromatic carbocycles. The number of para-hydroxylation sites is 1. The molecule has 0 spiro atoms. The van der Waals surface area contributed by atoms with Crippen LogP contribution in [0.15, 0.2) is 89.0 Å². The molecule has 74 heavy (non-hydrogen) atoms. The van der Waals surface area contributed by atoms with Gasteiger partial charge in [0.25, 0.3) is 0 Å². The van der Waals surface area contributed by atoms with Crippen molar-refractivity contribution in [3.05, 3.63) is 107 Å². The number of hydrogen-bond donors (Lipinski definition) is 4. The fourth-order valence-electron chi connectivity index (χ4n) is 11.3. The first-order chi connectivity index (χ1) is 35.9. The highest BCUT2D eigenvalue weighted by atomic mass is 32.1. The number of nitrogens with zero attached hydrogens (tertiary/aromatic N) is 10. The van der Waals surface area contributed by atoms with E-state index in [1.807, 2.05) is 87.9 Å². The molecule has 4 aromatic heterocycles. The summed E-state index contributed by atoms with van der Waals surface area (Å²) in [6.07, 6.45) is 4.97. The number of carbonyl (C=O) groups excluding carboxylic acids is 2. The topological polar surface area (TPSA) is 216 Å². The molecule has 4 aliphatic heterocycles. The fourth-order valence-corrected chi connectivity index (χ4v) is 12.1. The molecule has 2 amide bonds. The van der Waals surface area contributed by atoms with Crippen molar-refractivity contribution in [2.75, 3.05) is 81.0 Å². The molecular weight excluding hydrogens is 957 g/mol. The van der Waals surface area contributed by atoms with Gasteiger partial charge in [0.2, 0.25) is 17.7 Å². The van der Waals surface area contributed by atoms with Crippen LogP contribution in [0.25, 0.3) is 21.7 Å². The van der Waals surface area contributed by atoms with Crippen LogP contribution in [0.2, 0.25) is 0 Å². The van der Waals surface area contributed by atoms with Crippen molar-refractivity contribution in [1.82, 2.24) is 45.3 Å². The number of carbonyl (C=O) groups is 2. The van der Waals surface area contributed by atoms with Crippen LogP contribution in [0, 0.1) is 12.8 Å². The van der Waals surface area contributed by atoms with E-state index in [4.69, 9.17) is 15.0 Å². The number of nitrogens with one attached hydrogen (secondary N) is 1. The molecule has 8 heterocycles. The molecule has 390 valence electrons. The van der Waals surface area contributed by atoms with Crippen LogP contribution in [-0.2, 0) is 16.0 Å². The number of piperazine rings is 2. The predicted octanol–water partition coefficient (Wildman–Crippen LogP) is 6.31. The molecule has 4 fully saturated rings. The highest BCUT2D eigenvalue weighted by molar-refractivity contribution is 7.13. The Hall–Kier alpha value is -6.67. The van der Waals surface area contributed by atoms with Gasteiger partial charge in [0.1, 0.15) is 30.1 Å². The van der Waals surface area contributed by atoms with Crippen molar-refractivity contribution in [3.63, 3.8) is 0 Å². The smallest absolute Gasteiger partial charge is 0.243 e. The first kappa shape index (κ1) is 50.8.